The molecule has 1 aromatic carbocycles. The van der Waals surface area contributed by atoms with E-state index in [1.54, 1.807) is 12.1 Å². The summed E-state index contributed by atoms with van der Waals surface area (Å²) in [6, 6.07) is 7.76. The zero-order valence-electron chi connectivity index (χ0n) is 10.7. The number of aromatic nitrogens is 1. The summed E-state index contributed by atoms with van der Waals surface area (Å²) in [5, 5.41) is 11.8. The van der Waals surface area contributed by atoms with Crippen LogP contribution in [0.2, 0.25) is 0 Å². The first-order valence-corrected chi connectivity index (χ1v) is 5.96. The highest BCUT2D eigenvalue weighted by atomic mass is 19.4. The highest BCUT2D eigenvalue weighted by Crippen LogP contribution is 2.29. The van der Waals surface area contributed by atoms with E-state index >= 15 is 0 Å². The van der Waals surface area contributed by atoms with E-state index < -0.39 is 17.7 Å². The average molecular weight is 296 g/mol. The van der Waals surface area contributed by atoms with E-state index in [1.807, 2.05) is 0 Å². The van der Waals surface area contributed by atoms with Gasteiger partial charge >= 0.3 is 12.1 Å². The number of pyridine rings is 1. The number of carbonyl (C=O) groups is 1. The molecule has 1 aromatic heterocycles. The number of rotatable bonds is 4. The van der Waals surface area contributed by atoms with Gasteiger partial charge in [-0.25, -0.2) is 9.78 Å². The lowest BCUT2D eigenvalue weighted by molar-refractivity contribution is -0.137. The lowest BCUT2D eigenvalue weighted by Crippen LogP contribution is -2.09. The van der Waals surface area contributed by atoms with Gasteiger partial charge < -0.3 is 10.4 Å². The summed E-state index contributed by atoms with van der Waals surface area (Å²) in [7, 11) is 0. The molecular weight excluding hydrogens is 285 g/mol. The SMILES string of the molecule is O=C(O)c1ncccc1NCc1ccc(C(F)(F)F)cc1. The number of nitrogens with one attached hydrogen (secondary N) is 1. The lowest BCUT2D eigenvalue weighted by atomic mass is 10.1. The number of alkyl halides is 3. The van der Waals surface area contributed by atoms with Crippen molar-refractivity contribution in [2.75, 3.05) is 5.32 Å². The zero-order valence-corrected chi connectivity index (χ0v) is 10.7. The predicted octanol–water partition coefficient (Wildman–Crippen LogP) is 3.41. The van der Waals surface area contributed by atoms with Crippen LogP contribution in [0, 0.1) is 0 Å². The van der Waals surface area contributed by atoms with Crippen molar-refractivity contribution >= 4 is 11.7 Å². The van der Waals surface area contributed by atoms with E-state index in [9.17, 15) is 18.0 Å². The normalized spacial score (nSPS) is 11.2. The van der Waals surface area contributed by atoms with Crippen LogP contribution in [0.4, 0.5) is 18.9 Å². The second-order valence-corrected chi connectivity index (χ2v) is 4.25. The molecule has 0 aliphatic carbocycles. The minimum Gasteiger partial charge on any atom is -0.476 e. The molecule has 0 saturated heterocycles. The monoisotopic (exact) mass is 296 g/mol. The number of hydrogen-bond donors (Lipinski definition) is 2. The number of halogens is 3. The smallest absolute Gasteiger partial charge is 0.416 e. The molecule has 0 spiro atoms. The van der Waals surface area contributed by atoms with E-state index in [0.717, 1.165) is 12.1 Å². The van der Waals surface area contributed by atoms with Gasteiger partial charge in [0.15, 0.2) is 5.69 Å². The fourth-order valence-electron chi connectivity index (χ4n) is 1.73. The number of carboxylic acids is 1. The van der Waals surface area contributed by atoms with Crippen LogP contribution in [-0.2, 0) is 12.7 Å². The molecule has 7 heteroatoms. The number of benzene rings is 1. The Hall–Kier alpha value is -2.57. The Bertz CT molecular complexity index is 639. The zero-order chi connectivity index (χ0) is 15.5. The topological polar surface area (TPSA) is 62.2 Å². The maximum atomic E-state index is 12.4. The van der Waals surface area contributed by atoms with Gasteiger partial charge in [0.2, 0.25) is 0 Å². The lowest BCUT2D eigenvalue weighted by Gasteiger charge is -2.10. The maximum absolute atomic E-state index is 12.4. The van der Waals surface area contributed by atoms with Crippen molar-refractivity contribution in [3.8, 4) is 0 Å². The van der Waals surface area contributed by atoms with Gasteiger partial charge in [-0.1, -0.05) is 12.1 Å². The molecule has 0 atom stereocenters. The van der Waals surface area contributed by atoms with Crippen LogP contribution in [0.3, 0.4) is 0 Å². The quantitative estimate of drug-likeness (QED) is 0.907. The van der Waals surface area contributed by atoms with E-state index in [4.69, 9.17) is 5.11 Å². The first-order chi connectivity index (χ1) is 9.88. The Balaban J connectivity index is 2.09. The van der Waals surface area contributed by atoms with Gasteiger partial charge in [0, 0.05) is 12.7 Å². The third kappa shape index (κ3) is 3.71. The number of aromatic carboxylic acids is 1. The molecule has 0 unspecified atom stereocenters. The van der Waals surface area contributed by atoms with Gasteiger partial charge in [-0.3, -0.25) is 0 Å². The van der Waals surface area contributed by atoms with Crippen LogP contribution in [0.1, 0.15) is 21.6 Å². The molecule has 0 bridgehead atoms. The third-order valence-corrected chi connectivity index (χ3v) is 2.77. The Morgan fingerprint density at radius 3 is 2.43 bits per heavy atom. The molecule has 2 rings (SSSR count). The molecular formula is C14H11F3N2O2. The third-order valence-electron chi connectivity index (χ3n) is 2.77. The second kappa shape index (κ2) is 5.82. The van der Waals surface area contributed by atoms with Gasteiger partial charge in [0.05, 0.1) is 11.3 Å². The van der Waals surface area contributed by atoms with E-state index in [1.165, 1.54) is 18.3 Å². The average Bonchev–Trinajstić information content (AvgIpc) is 2.45. The number of anilines is 1. The largest absolute Gasteiger partial charge is 0.476 e. The molecule has 2 aromatic rings. The minimum atomic E-state index is -4.37. The first kappa shape index (κ1) is 14.8. The summed E-state index contributed by atoms with van der Waals surface area (Å²) < 4.78 is 37.3. The van der Waals surface area contributed by atoms with E-state index in [2.05, 4.69) is 10.3 Å². The van der Waals surface area contributed by atoms with Crippen LogP contribution in [-0.4, -0.2) is 16.1 Å². The Morgan fingerprint density at radius 2 is 1.86 bits per heavy atom. The van der Waals surface area contributed by atoms with Gasteiger partial charge in [-0.2, -0.15) is 13.2 Å². The standard InChI is InChI=1S/C14H11F3N2O2/c15-14(16,17)10-5-3-9(4-6-10)8-19-11-2-1-7-18-12(11)13(20)21/h1-7,19H,8H2,(H,20,21). The van der Waals surface area contributed by atoms with Crippen molar-refractivity contribution in [3.63, 3.8) is 0 Å². The molecule has 110 valence electrons. The molecule has 0 amide bonds. The fraction of sp³-hybridized carbons (Fsp3) is 0.143. The van der Waals surface area contributed by atoms with Crippen molar-refractivity contribution in [3.05, 3.63) is 59.4 Å². The van der Waals surface area contributed by atoms with Crippen molar-refractivity contribution in [1.29, 1.82) is 0 Å². The number of hydrogen-bond acceptors (Lipinski definition) is 3. The molecule has 0 fully saturated rings. The molecule has 0 aliphatic rings. The van der Waals surface area contributed by atoms with Gasteiger partial charge in [-0.15, -0.1) is 0 Å². The second-order valence-electron chi connectivity index (χ2n) is 4.25. The number of carboxylic acid groups (broad SMARTS) is 1. The molecule has 1 heterocycles. The summed E-state index contributed by atoms with van der Waals surface area (Å²) in [6.45, 7) is 0.199. The highest BCUT2D eigenvalue weighted by molar-refractivity contribution is 5.91. The van der Waals surface area contributed by atoms with Crippen molar-refractivity contribution in [2.24, 2.45) is 0 Å². The molecule has 4 nitrogen and oxygen atoms in total. The maximum Gasteiger partial charge on any atom is 0.416 e. The Labute approximate surface area is 118 Å². The van der Waals surface area contributed by atoms with Crippen molar-refractivity contribution in [2.45, 2.75) is 12.7 Å². The van der Waals surface area contributed by atoms with Gasteiger partial charge in [0.25, 0.3) is 0 Å². The Morgan fingerprint density at radius 1 is 1.19 bits per heavy atom. The molecule has 0 aliphatic heterocycles. The van der Waals surface area contributed by atoms with E-state index in [0.29, 0.717) is 11.3 Å². The summed E-state index contributed by atoms with van der Waals surface area (Å²) in [6.07, 6.45) is -3.02. The van der Waals surface area contributed by atoms with Crippen LogP contribution < -0.4 is 5.32 Å². The summed E-state index contributed by atoms with van der Waals surface area (Å²) in [5.41, 5.74) is 0.0522. The first-order valence-electron chi connectivity index (χ1n) is 5.96. The molecule has 21 heavy (non-hydrogen) atoms. The summed E-state index contributed by atoms with van der Waals surface area (Å²) in [5.74, 6) is -1.18. The highest BCUT2D eigenvalue weighted by Gasteiger charge is 2.29. The Kier molecular flexibility index (Phi) is 4.11. The van der Waals surface area contributed by atoms with Crippen molar-refractivity contribution < 1.29 is 23.1 Å². The van der Waals surface area contributed by atoms with Crippen LogP contribution >= 0.6 is 0 Å². The van der Waals surface area contributed by atoms with Crippen molar-refractivity contribution in [1.82, 2.24) is 4.98 Å². The molecule has 2 N–H and O–H groups in total. The minimum absolute atomic E-state index is 0.135. The van der Waals surface area contributed by atoms with E-state index in [-0.39, 0.29) is 12.2 Å². The summed E-state index contributed by atoms with van der Waals surface area (Å²) >= 11 is 0. The molecule has 0 radical (unpaired) electrons. The summed E-state index contributed by atoms with van der Waals surface area (Å²) in [4.78, 5) is 14.7. The van der Waals surface area contributed by atoms with Crippen LogP contribution in [0.15, 0.2) is 42.6 Å². The van der Waals surface area contributed by atoms with Gasteiger partial charge in [0.1, 0.15) is 0 Å². The fourth-order valence-corrected chi connectivity index (χ4v) is 1.73. The van der Waals surface area contributed by atoms with Gasteiger partial charge in [-0.05, 0) is 29.8 Å². The number of nitrogens with zero attached hydrogens (tertiary/aromatic N) is 1. The molecule has 0 saturated carbocycles. The van der Waals surface area contributed by atoms with Crippen LogP contribution in [0.5, 0.6) is 0 Å². The predicted molar refractivity (Wildman–Crippen MR) is 70.0 cm³/mol. The van der Waals surface area contributed by atoms with Crippen LogP contribution in [0.25, 0.3) is 0 Å².